The molecule has 0 aromatic carbocycles. The molecule has 0 spiro atoms. The third kappa shape index (κ3) is 3.77. The van der Waals surface area contributed by atoms with Crippen molar-refractivity contribution in [3.05, 3.63) is 30.1 Å². The number of amides is 1. The quantitative estimate of drug-likeness (QED) is 0.757. The predicted molar refractivity (Wildman–Crippen MR) is 86.1 cm³/mol. The van der Waals surface area contributed by atoms with Crippen molar-refractivity contribution in [3.63, 3.8) is 0 Å². The van der Waals surface area contributed by atoms with Crippen LogP contribution in [0.4, 0.5) is 0 Å². The molecule has 3 heterocycles. The minimum absolute atomic E-state index is 0.116. The van der Waals surface area contributed by atoms with Crippen LogP contribution in [-0.4, -0.2) is 52.6 Å². The second kappa shape index (κ2) is 7.27. The highest BCUT2D eigenvalue weighted by molar-refractivity contribution is 8.00. The topological polar surface area (TPSA) is 36.4 Å². The normalized spacial score (nSPS) is 23.1. The van der Waals surface area contributed by atoms with Gasteiger partial charge < -0.3 is 9.80 Å². The van der Waals surface area contributed by atoms with Crippen LogP contribution in [0.2, 0.25) is 0 Å². The van der Waals surface area contributed by atoms with Crippen LogP contribution >= 0.6 is 11.8 Å². The minimum atomic E-state index is 0.116. The van der Waals surface area contributed by atoms with Crippen LogP contribution in [0, 0.1) is 0 Å². The molecule has 3 rings (SSSR count). The molecule has 4 nitrogen and oxygen atoms in total. The average molecular weight is 305 g/mol. The number of unbranched alkanes of at least 4 members (excludes halogenated alkanes) is 1. The van der Waals surface area contributed by atoms with Gasteiger partial charge in [-0.2, -0.15) is 0 Å². The lowest BCUT2D eigenvalue weighted by Crippen LogP contribution is -2.30. The van der Waals surface area contributed by atoms with E-state index >= 15 is 0 Å². The fourth-order valence-electron chi connectivity index (χ4n) is 3.09. The minimum Gasteiger partial charge on any atom is -0.324 e. The average Bonchev–Trinajstić information content (AvgIpc) is 3.15. The highest BCUT2D eigenvalue weighted by Crippen LogP contribution is 2.37. The van der Waals surface area contributed by atoms with Gasteiger partial charge in [0.1, 0.15) is 5.37 Å². The molecule has 2 fully saturated rings. The van der Waals surface area contributed by atoms with E-state index in [1.807, 2.05) is 29.3 Å². The van der Waals surface area contributed by atoms with Crippen molar-refractivity contribution in [2.75, 3.05) is 31.9 Å². The molecule has 1 amide bonds. The number of nitrogens with zero attached hydrogens (tertiary/aromatic N) is 3. The molecule has 0 bridgehead atoms. The number of carbonyl (C=O) groups excluding carboxylic acids is 1. The van der Waals surface area contributed by atoms with Crippen molar-refractivity contribution >= 4 is 17.7 Å². The number of hydrogen-bond donors (Lipinski definition) is 0. The third-order valence-corrected chi connectivity index (χ3v) is 5.46. The molecule has 21 heavy (non-hydrogen) atoms. The van der Waals surface area contributed by atoms with Gasteiger partial charge in [0.2, 0.25) is 5.91 Å². The third-order valence-electron chi connectivity index (χ3n) is 4.23. The van der Waals surface area contributed by atoms with Gasteiger partial charge in [-0.25, -0.2) is 0 Å². The summed E-state index contributed by atoms with van der Waals surface area (Å²) in [6, 6.07) is 5.94. The van der Waals surface area contributed by atoms with Crippen LogP contribution < -0.4 is 0 Å². The maximum absolute atomic E-state index is 12.1. The van der Waals surface area contributed by atoms with E-state index in [2.05, 4.69) is 9.88 Å². The summed E-state index contributed by atoms with van der Waals surface area (Å²) in [7, 11) is 0. The second-order valence-corrected chi connectivity index (χ2v) is 6.83. The largest absolute Gasteiger partial charge is 0.324 e. The first-order valence-corrected chi connectivity index (χ1v) is 8.94. The van der Waals surface area contributed by atoms with E-state index in [0.717, 1.165) is 18.7 Å². The van der Waals surface area contributed by atoms with Gasteiger partial charge in [0.15, 0.2) is 0 Å². The SMILES string of the molecule is O=C1CSC(c2ccccn2)N1CCCCN1CCCC1. The smallest absolute Gasteiger partial charge is 0.233 e. The zero-order valence-electron chi connectivity index (χ0n) is 12.4. The van der Waals surface area contributed by atoms with E-state index in [1.165, 1.54) is 38.9 Å². The Hall–Kier alpha value is -1.07. The van der Waals surface area contributed by atoms with E-state index in [0.29, 0.717) is 5.75 Å². The van der Waals surface area contributed by atoms with Gasteiger partial charge in [0.05, 0.1) is 11.4 Å². The van der Waals surface area contributed by atoms with Crippen molar-refractivity contribution in [1.82, 2.24) is 14.8 Å². The van der Waals surface area contributed by atoms with Gasteiger partial charge >= 0.3 is 0 Å². The van der Waals surface area contributed by atoms with Crippen molar-refractivity contribution in [3.8, 4) is 0 Å². The van der Waals surface area contributed by atoms with E-state index in [4.69, 9.17) is 0 Å². The number of aromatic nitrogens is 1. The van der Waals surface area contributed by atoms with Gasteiger partial charge in [-0.1, -0.05) is 6.07 Å². The molecule has 2 aliphatic heterocycles. The molecule has 0 N–H and O–H groups in total. The summed E-state index contributed by atoms with van der Waals surface area (Å²) in [5.41, 5.74) is 1.01. The highest BCUT2D eigenvalue weighted by Gasteiger charge is 2.32. The van der Waals surface area contributed by atoms with Crippen molar-refractivity contribution < 1.29 is 4.79 Å². The number of thioether (sulfide) groups is 1. The lowest BCUT2D eigenvalue weighted by atomic mass is 10.2. The van der Waals surface area contributed by atoms with Gasteiger partial charge in [0.25, 0.3) is 0 Å². The van der Waals surface area contributed by atoms with Crippen LogP contribution in [-0.2, 0) is 4.79 Å². The fourth-order valence-corrected chi connectivity index (χ4v) is 4.27. The number of likely N-dealkylation sites (tertiary alicyclic amines) is 1. The molecular weight excluding hydrogens is 282 g/mol. The Balaban J connectivity index is 1.49. The molecule has 1 aromatic rings. The number of pyridine rings is 1. The van der Waals surface area contributed by atoms with Crippen LogP contribution in [0.1, 0.15) is 36.8 Å². The van der Waals surface area contributed by atoms with Crippen molar-refractivity contribution in [2.45, 2.75) is 31.1 Å². The Labute approximate surface area is 130 Å². The molecule has 5 heteroatoms. The first-order valence-electron chi connectivity index (χ1n) is 7.89. The van der Waals surface area contributed by atoms with Gasteiger partial charge in [0, 0.05) is 12.7 Å². The standard InChI is InChI=1S/C16H23N3OS/c20-15-13-21-16(14-7-1-2-8-17-14)19(15)12-6-5-11-18-9-3-4-10-18/h1-2,7-8,16H,3-6,9-13H2. The van der Waals surface area contributed by atoms with Crippen molar-refractivity contribution in [2.24, 2.45) is 0 Å². The number of carbonyl (C=O) groups is 1. The predicted octanol–water partition coefficient (Wildman–Crippen LogP) is 2.53. The zero-order valence-corrected chi connectivity index (χ0v) is 13.2. The lowest BCUT2D eigenvalue weighted by Gasteiger charge is -2.24. The summed E-state index contributed by atoms with van der Waals surface area (Å²) in [6.07, 6.45) is 6.78. The van der Waals surface area contributed by atoms with Crippen LogP contribution in [0.3, 0.4) is 0 Å². The van der Waals surface area contributed by atoms with E-state index < -0.39 is 0 Å². The molecule has 2 saturated heterocycles. The summed E-state index contributed by atoms with van der Waals surface area (Å²) in [4.78, 5) is 21.0. The monoisotopic (exact) mass is 305 g/mol. The number of rotatable bonds is 6. The molecule has 1 aromatic heterocycles. The van der Waals surface area contributed by atoms with Crippen LogP contribution in [0.25, 0.3) is 0 Å². The Morgan fingerprint density at radius 3 is 2.76 bits per heavy atom. The van der Waals surface area contributed by atoms with Crippen LogP contribution in [0.5, 0.6) is 0 Å². The summed E-state index contributed by atoms with van der Waals surface area (Å²) < 4.78 is 0. The Morgan fingerprint density at radius 2 is 2.00 bits per heavy atom. The van der Waals surface area contributed by atoms with E-state index in [-0.39, 0.29) is 11.3 Å². The molecule has 114 valence electrons. The summed E-state index contributed by atoms with van der Waals surface area (Å²) >= 11 is 1.70. The highest BCUT2D eigenvalue weighted by atomic mass is 32.2. The molecule has 0 radical (unpaired) electrons. The van der Waals surface area contributed by atoms with Gasteiger partial charge in [-0.15, -0.1) is 11.8 Å². The number of hydrogen-bond acceptors (Lipinski definition) is 4. The Bertz CT molecular complexity index is 462. The summed E-state index contributed by atoms with van der Waals surface area (Å²) in [5, 5.41) is 0.116. The Kier molecular flexibility index (Phi) is 5.14. The molecule has 2 aliphatic rings. The van der Waals surface area contributed by atoms with E-state index in [1.54, 1.807) is 11.8 Å². The van der Waals surface area contributed by atoms with Gasteiger partial charge in [-0.05, 0) is 57.5 Å². The first-order chi connectivity index (χ1) is 10.3. The maximum atomic E-state index is 12.1. The van der Waals surface area contributed by atoms with Gasteiger partial charge in [-0.3, -0.25) is 9.78 Å². The second-order valence-electron chi connectivity index (χ2n) is 5.76. The lowest BCUT2D eigenvalue weighted by molar-refractivity contribution is -0.128. The first kappa shape index (κ1) is 14.9. The molecule has 0 aliphatic carbocycles. The van der Waals surface area contributed by atoms with E-state index in [9.17, 15) is 4.79 Å². The molecular formula is C16H23N3OS. The molecule has 1 unspecified atom stereocenters. The molecule has 0 saturated carbocycles. The fraction of sp³-hybridized carbons (Fsp3) is 0.625. The maximum Gasteiger partial charge on any atom is 0.233 e. The Morgan fingerprint density at radius 1 is 1.19 bits per heavy atom. The summed E-state index contributed by atoms with van der Waals surface area (Å²) in [5.74, 6) is 0.852. The molecule has 1 atom stereocenters. The zero-order chi connectivity index (χ0) is 14.5. The van der Waals surface area contributed by atoms with Crippen molar-refractivity contribution in [1.29, 1.82) is 0 Å². The van der Waals surface area contributed by atoms with Crippen LogP contribution in [0.15, 0.2) is 24.4 Å². The summed E-state index contributed by atoms with van der Waals surface area (Å²) in [6.45, 7) is 4.56.